The summed E-state index contributed by atoms with van der Waals surface area (Å²) in [6.45, 7) is 17.4. The van der Waals surface area contributed by atoms with Crippen LogP contribution in [0.1, 0.15) is 165 Å². The molecule has 1 saturated heterocycles. The Morgan fingerprint density at radius 3 is 1.17 bits per heavy atom. The molecule has 6 rings (SSSR count). The highest BCUT2D eigenvalue weighted by molar-refractivity contribution is 5.94. The number of alkyl halides is 2. The van der Waals surface area contributed by atoms with Crippen LogP contribution in [0.25, 0.3) is 0 Å². The van der Waals surface area contributed by atoms with Gasteiger partial charge in [0.05, 0.1) is 13.1 Å². The van der Waals surface area contributed by atoms with Crippen LogP contribution in [0, 0.1) is 46.3 Å². The summed E-state index contributed by atoms with van der Waals surface area (Å²) in [4.78, 5) is 122. The Labute approximate surface area is 525 Å². The second-order valence-electron chi connectivity index (χ2n) is 25.5. The highest BCUT2D eigenvalue weighted by atomic mass is 19.3. The minimum atomic E-state index is -2.75. The molecule has 1 aliphatic heterocycles. The lowest BCUT2D eigenvalue weighted by atomic mass is 9.99. The van der Waals surface area contributed by atoms with Gasteiger partial charge in [0.25, 0.3) is 30.1 Å². The zero-order valence-electron chi connectivity index (χ0n) is 54.1. The van der Waals surface area contributed by atoms with E-state index >= 15 is 9.59 Å². The Hall–Kier alpha value is -8.54. The molecule has 8 atom stereocenters. The summed E-state index contributed by atoms with van der Waals surface area (Å²) in [6, 6.07) is 14.9. The molecule has 0 unspecified atom stereocenters. The van der Waals surface area contributed by atoms with E-state index in [2.05, 4.69) is 10.2 Å². The molecule has 24 heteroatoms. The Bertz CT molecular complexity index is 3270. The Balaban J connectivity index is 1.39. The maximum absolute atomic E-state index is 15.1. The van der Waals surface area contributed by atoms with Crippen LogP contribution < -0.4 is 0 Å². The summed E-state index contributed by atoms with van der Waals surface area (Å²) in [5.74, 6) is -8.11. The zero-order valence-corrected chi connectivity index (χ0v) is 54.1. The molecule has 90 heavy (non-hydrogen) atoms. The highest BCUT2D eigenvalue weighted by Crippen LogP contribution is 2.41. The first-order valence-electron chi connectivity index (χ1n) is 30.7. The van der Waals surface area contributed by atoms with Crippen molar-refractivity contribution in [3.63, 3.8) is 0 Å². The molecule has 0 N–H and O–H groups in total. The van der Waals surface area contributed by atoms with Crippen LogP contribution in [0.15, 0.2) is 60.7 Å². The molecule has 4 aromatic rings. The second-order valence-corrected chi connectivity index (χ2v) is 25.5. The van der Waals surface area contributed by atoms with Crippen LogP contribution in [0.2, 0.25) is 0 Å². The topological polar surface area (TPSA) is 270 Å². The van der Waals surface area contributed by atoms with E-state index in [4.69, 9.17) is 18.9 Å². The van der Waals surface area contributed by atoms with E-state index in [1.807, 2.05) is 67.5 Å². The molecule has 1 saturated carbocycles. The van der Waals surface area contributed by atoms with Gasteiger partial charge in [0.1, 0.15) is 47.7 Å². The number of benzene rings is 2. The van der Waals surface area contributed by atoms with Crippen LogP contribution >= 0.6 is 0 Å². The van der Waals surface area contributed by atoms with Crippen LogP contribution in [0.4, 0.5) is 8.78 Å². The molecule has 1 aliphatic carbocycles. The number of likely N-dealkylation sites (N-methyl/N-ethyl adjacent to an activating group) is 4. The van der Waals surface area contributed by atoms with Gasteiger partial charge in [-0.1, -0.05) is 104 Å². The van der Waals surface area contributed by atoms with Crippen LogP contribution in [0.3, 0.4) is 0 Å². The number of hydrogen-bond acceptors (Lipinski definition) is 16. The van der Waals surface area contributed by atoms with Gasteiger partial charge in [-0.05, 0) is 104 Å². The molecule has 0 bridgehead atoms. The summed E-state index contributed by atoms with van der Waals surface area (Å²) in [5.41, 5.74) is 3.00. The second kappa shape index (κ2) is 31.3. The van der Waals surface area contributed by atoms with Crippen molar-refractivity contribution in [2.45, 2.75) is 195 Å². The average Bonchev–Trinajstić information content (AvgIpc) is 1.58. The zero-order chi connectivity index (χ0) is 66.6. The van der Waals surface area contributed by atoms with Crippen molar-refractivity contribution in [1.29, 1.82) is 10.5 Å². The smallest absolute Gasteiger partial charge is 0.329 e. The molecule has 486 valence electrons. The van der Waals surface area contributed by atoms with E-state index in [0.29, 0.717) is 27.9 Å². The van der Waals surface area contributed by atoms with Crippen LogP contribution in [0.5, 0.6) is 0 Å². The predicted molar refractivity (Wildman–Crippen MR) is 324 cm³/mol. The van der Waals surface area contributed by atoms with Crippen molar-refractivity contribution < 1.29 is 66.1 Å². The minimum Gasteiger partial charge on any atom is -0.451 e. The molecule has 2 aromatic heterocycles. The number of rotatable bonds is 18. The monoisotopic (exact) mass is 1250 g/mol. The molecule has 22 nitrogen and oxygen atoms in total. The minimum absolute atomic E-state index is 0.0170. The lowest BCUT2D eigenvalue weighted by Crippen LogP contribution is -2.55. The summed E-state index contributed by atoms with van der Waals surface area (Å²) >= 11 is 0. The van der Waals surface area contributed by atoms with Crippen molar-refractivity contribution in [1.82, 2.24) is 39.2 Å². The standard InChI is InChI=1S/C66H86F2N10O12/c1-37(2)25-52-63(83)87-42(10)60(80)74(12)55(28-40(7)8)66(86)90-57(30-44-17-21-46(22-18-44)36-78-51(47-23-24-47)32-50(72-78)58(67)68)62(82)76(14)53(26-38(3)4)64(84)88-41(9)59(79)73(11)54(27-39(5)6)65(85)89-56(61(81)75(52)13)29-43-15-19-45(20-16-43)35-77-49(34-70)31-48(33-69)71-77/h15-22,31-32,37-42,47,52-58H,23-30,35-36H2,1-14H3/t41-,42-,52+,53+,54+,55+,56-,57-/m1/s1. The summed E-state index contributed by atoms with van der Waals surface area (Å²) < 4.78 is 54.7. The summed E-state index contributed by atoms with van der Waals surface area (Å²) in [7, 11) is 5.36. The lowest BCUT2D eigenvalue weighted by molar-refractivity contribution is -0.176. The van der Waals surface area contributed by atoms with Crippen molar-refractivity contribution >= 4 is 47.5 Å². The summed E-state index contributed by atoms with van der Waals surface area (Å²) in [5, 5.41) is 27.4. The maximum Gasteiger partial charge on any atom is 0.329 e. The Kier molecular flexibility index (Phi) is 24.5. The first kappa shape index (κ1) is 70.5. The van der Waals surface area contributed by atoms with Gasteiger partial charge < -0.3 is 38.5 Å². The fourth-order valence-corrected chi connectivity index (χ4v) is 10.9. The Morgan fingerprint density at radius 2 is 0.833 bits per heavy atom. The predicted octanol–water partition coefficient (Wildman–Crippen LogP) is 7.71. The molecule has 0 spiro atoms. The van der Waals surface area contributed by atoms with Gasteiger partial charge in [0.15, 0.2) is 30.1 Å². The summed E-state index contributed by atoms with van der Waals surface area (Å²) in [6.07, 6.45) is -7.81. The molecule has 0 radical (unpaired) electrons. The number of carbonyl (C=O) groups is 8. The van der Waals surface area contributed by atoms with E-state index < -0.39 is 103 Å². The number of cyclic esters (lactones) is 4. The van der Waals surface area contributed by atoms with E-state index in [-0.39, 0.29) is 98.3 Å². The van der Waals surface area contributed by atoms with Gasteiger partial charge in [-0.2, -0.15) is 20.7 Å². The van der Waals surface area contributed by atoms with E-state index in [1.165, 1.54) is 58.9 Å². The number of nitrogens with zero attached hydrogens (tertiary/aromatic N) is 10. The Morgan fingerprint density at radius 1 is 0.489 bits per heavy atom. The first-order valence-corrected chi connectivity index (χ1v) is 30.7. The largest absolute Gasteiger partial charge is 0.451 e. The lowest BCUT2D eigenvalue weighted by Gasteiger charge is -2.35. The van der Waals surface area contributed by atoms with E-state index in [0.717, 1.165) is 32.4 Å². The molecular weight excluding hydrogens is 1160 g/mol. The van der Waals surface area contributed by atoms with Gasteiger partial charge in [-0.3, -0.25) is 23.9 Å². The van der Waals surface area contributed by atoms with Gasteiger partial charge in [-0.25, -0.2) is 32.6 Å². The van der Waals surface area contributed by atoms with Crippen molar-refractivity contribution in [3.8, 4) is 12.1 Å². The highest BCUT2D eigenvalue weighted by Gasteiger charge is 2.43. The third kappa shape index (κ3) is 18.5. The molecule has 2 fully saturated rings. The van der Waals surface area contributed by atoms with Gasteiger partial charge in [0, 0.05) is 58.7 Å². The fraction of sp³-hybridized carbons (Fsp3) is 0.576. The van der Waals surface area contributed by atoms with Crippen molar-refractivity contribution in [2.75, 3.05) is 28.2 Å². The third-order valence-corrected chi connectivity index (χ3v) is 16.1. The van der Waals surface area contributed by atoms with Gasteiger partial charge in [0.2, 0.25) is 0 Å². The molecule has 3 heterocycles. The number of carbonyl (C=O) groups excluding carboxylic acids is 8. The SMILES string of the molecule is CC(C)C[C@H]1C(=O)O[C@H](Cc2ccc(Cn3nc(C(F)F)cc3C3CC3)cc2)C(=O)N(C)[C@@H](CC(C)C)C(=O)O[C@H](C)C(=O)N(C)[C@@H](CC(C)C)C(=O)O[C@H](Cc2ccc(Cn3nc(C#N)cc3C#N)cc2)C(=O)N(C)[C@@H](CC(C)C)C(=O)O[C@H](C)C(=O)N1C. The molecule has 2 aromatic carbocycles. The number of aromatic nitrogens is 4. The van der Waals surface area contributed by atoms with E-state index in [9.17, 15) is 48.1 Å². The fourth-order valence-electron chi connectivity index (χ4n) is 10.9. The number of hydrogen-bond donors (Lipinski definition) is 0. The third-order valence-electron chi connectivity index (χ3n) is 16.1. The number of nitriles is 2. The first-order chi connectivity index (χ1) is 42.4. The van der Waals surface area contributed by atoms with E-state index in [1.54, 1.807) is 53.2 Å². The molecule has 2 aliphatic rings. The number of esters is 4. The number of halogens is 2. The quantitative estimate of drug-likeness (QED) is 0.0681. The average molecular weight is 1250 g/mol. The number of amides is 4. The van der Waals surface area contributed by atoms with Gasteiger partial charge >= 0.3 is 23.9 Å². The number of ether oxygens (including phenoxy) is 4. The molecule has 4 amide bonds. The van der Waals surface area contributed by atoms with Crippen molar-refractivity contribution in [3.05, 3.63) is 106 Å². The normalized spacial score (nSPS) is 22.7. The molecular formula is C66H86F2N10O12. The van der Waals surface area contributed by atoms with Crippen molar-refractivity contribution in [2.24, 2.45) is 23.7 Å². The van der Waals surface area contributed by atoms with Crippen LogP contribution in [-0.4, -0.2) is 163 Å². The van der Waals surface area contributed by atoms with Gasteiger partial charge in [-0.15, -0.1) is 0 Å². The van der Waals surface area contributed by atoms with Crippen LogP contribution in [-0.2, 0) is 83.2 Å². The maximum atomic E-state index is 15.1.